The first-order valence-electron chi connectivity index (χ1n) is 6.77. The number of nitrogens with two attached hydrogens (primary N) is 1. The second kappa shape index (κ2) is 5.30. The van der Waals surface area contributed by atoms with Gasteiger partial charge in [0.15, 0.2) is 0 Å². The van der Waals surface area contributed by atoms with E-state index >= 15 is 0 Å². The fourth-order valence-corrected chi connectivity index (χ4v) is 2.67. The number of hydrogen-bond acceptors (Lipinski definition) is 2. The molecule has 0 aromatic heterocycles. The molecule has 2 amide bonds. The first-order valence-corrected chi connectivity index (χ1v) is 7.15. The molecule has 1 aliphatic rings. The number of amides is 2. The van der Waals surface area contributed by atoms with Crippen LogP contribution in [0, 0.1) is 6.92 Å². The van der Waals surface area contributed by atoms with Crippen LogP contribution in [0.2, 0.25) is 5.02 Å². The molecule has 2 aromatic rings. The first-order chi connectivity index (χ1) is 10.0. The van der Waals surface area contributed by atoms with Gasteiger partial charge in [-0.15, -0.1) is 0 Å². The molecule has 0 saturated carbocycles. The zero-order valence-corrected chi connectivity index (χ0v) is 12.4. The Hall–Kier alpha value is -2.20. The van der Waals surface area contributed by atoms with Crippen LogP contribution in [0.25, 0.3) is 0 Å². The fourth-order valence-electron chi connectivity index (χ4n) is 2.49. The molecule has 108 valence electrons. The summed E-state index contributed by atoms with van der Waals surface area (Å²) in [6.07, 6.45) is 0.822. The van der Waals surface area contributed by atoms with Crippen LogP contribution in [0.1, 0.15) is 11.1 Å². The summed E-state index contributed by atoms with van der Waals surface area (Å²) in [6, 6.07) is 11.0. The second-order valence-corrected chi connectivity index (χ2v) is 5.59. The van der Waals surface area contributed by atoms with E-state index in [1.165, 1.54) is 0 Å². The smallest absolute Gasteiger partial charge is 0.326 e. The minimum atomic E-state index is -0.154. The third-order valence-electron chi connectivity index (χ3n) is 3.67. The van der Waals surface area contributed by atoms with Gasteiger partial charge in [-0.3, -0.25) is 4.90 Å². The molecule has 3 rings (SSSR count). The Bertz CT molecular complexity index is 715. The standard InChI is InChI=1S/C16H16ClN3O/c1-10-2-4-13(9-14(10)17)19-16(21)20-7-6-11-8-12(18)3-5-15(11)20/h2-5,8-9H,6-7,18H2,1H3,(H,19,21). The van der Waals surface area contributed by atoms with Crippen molar-refractivity contribution < 1.29 is 4.79 Å². The molecular weight excluding hydrogens is 286 g/mol. The van der Waals surface area contributed by atoms with E-state index in [9.17, 15) is 4.79 Å². The van der Waals surface area contributed by atoms with Gasteiger partial charge in [-0.1, -0.05) is 17.7 Å². The number of anilines is 3. The maximum atomic E-state index is 12.4. The highest BCUT2D eigenvalue weighted by Crippen LogP contribution is 2.30. The predicted octanol–water partition coefficient (Wildman–Crippen LogP) is 3.83. The molecule has 0 aliphatic carbocycles. The lowest BCUT2D eigenvalue weighted by atomic mass is 10.1. The van der Waals surface area contributed by atoms with Gasteiger partial charge in [0.1, 0.15) is 0 Å². The Morgan fingerprint density at radius 2 is 2.10 bits per heavy atom. The number of halogens is 1. The quantitative estimate of drug-likeness (QED) is 0.787. The number of nitrogens with zero attached hydrogens (tertiary/aromatic N) is 1. The Kier molecular flexibility index (Phi) is 3.47. The van der Waals surface area contributed by atoms with Crippen molar-refractivity contribution >= 4 is 34.7 Å². The number of benzene rings is 2. The molecule has 2 aromatic carbocycles. The number of hydrogen-bond donors (Lipinski definition) is 2. The van der Waals surface area contributed by atoms with Crippen LogP contribution < -0.4 is 16.0 Å². The van der Waals surface area contributed by atoms with Gasteiger partial charge in [-0.2, -0.15) is 0 Å². The second-order valence-electron chi connectivity index (χ2n) is 5.18. The van der Waals surface area contributed by atoms with Gasteiger partial charge in [-0.25, -0.2) is 4.79 Å². The maximum absolute atomic E-state index is 12.4. The Morgan fingerprint density at radius 1 is 1.29 bits per heavy atom. The zero-order valence-electron chi connectivity index (χ0n) is 11.7. The average Bonchev–Trinajstić information content (AvgIpc) is 2.85. The van der Waals surface area contributed by atoms with Gasteiger partial charge in [-0.05, 0) is 54.8 Å². The Morgan fingerprint density at radius 3 is 2.86 bits per heavy atom. The Balaban J connectivity index is 1.80. The molecule has 0 radical (unpaired) electrons. The van der Waals surface area contributed by atoms with Crippen molar-refractivity contribution in [1.29, 1.82) is 0 Å². The van der Waals surface area contributed by atoms with Crippen LogP contribution in [-0.2, 0) is 6.42 Å². The number of nitrogen functional groups attached to an aromatic ring is 1. The van der Waals surface area contributed by atoms with Crippen molar-refractivity contribution in [3.63, 3.8) is 0 Å². The molecule has 0 saturated heterocycles. The van der Waals surface area contributed by atoms with Gasteiger partial charge < -0.3 is 11.1 Å². The van der Waals surface area contributed by atoms with Gasteiger partial charge >= 0.3 is 6.03 Å². The topological polar surface area (TPSA) is 58.4 Å². The largest absolute Gasteiger partial charge is 0.399 e. The van der Waals surface area contributed by atoms with Crippen LogP contribution in [0.3, 0.4) is 0 Å². The van der Waals surface area contributed by atoms with E-state index in [4.69, 9.17) is 17.3 Å². The lowest BCUT2D eigenvalue weighted by molar-refractivity contribution is 0.257. The summed E-state index contributed by atoms with van der Waals surface area (Å²) in [4.78, 5) is 14.1. The van der Waals surface area contributed by atoms with E-state index in [1.54, 1.807) is 11.0 Å². The Labute approximate surface area is 128 Å². The molecule has 0 spiro atoms. The van der Waals surface area contributed by atoms with Crippen LogP contribution in [0.5, 0.6) is 0 Å². The van der Waals surface area contributed by atoms with Crippen molar-refractivity contribution in [2.24, 2.45) is 0 Å². The highest BCUT2D eigenvalue weighted by molar-refractivity contribution is 6.31. The zero-order chi connectivity index (χ0) is 15.0. The summed E-state index contributed by atoms with van der Waals surface area (Å²) in [5.41, 5.74) is 10.2. The van der Waals surface area contributed by atoms with Crippen LogP contribution in [-0.4, -0.2) is 12.6 Å². The fraction of sp³-hybridized carbons (Fsp3) is 0.188. The number of urea groups is 1. The molecule has 0 atom stereocenters. The van der Waals surface area contributed by atoms with E-state index in [0.29, 0.717) is 17.3 Å². The predicted molar refractivity (Wildman–Crippen MR) is 87.1 cm³/mol. The van der Waals surface area contributed by atoms with Gasteiger partial charge in [0.05, 0.1) is 0 Å². The van der Waals surface area contributed by atoms with E-state index < -0.39 is 0 Å². The van der Waals surface area contributed by atoms with Crippen molar-refractivity contribution in [2.45, 2.75) is 13.3 Å². The maximum Gasteiger partial charge on any atom is 0.326 e. The van der Waals surface area contributed by atoms with Gasteiger partial charge in [0, 0.05) is 28.6 Å². The molecule has 5 heteroatoms. The number of aryl methyl sites for hydroxylation is 1. The minimum absolute atomic E-state index is 0.154. The number of fused-ring (bicyclic) bond motifs is 1. The van der Waals surface area contributed by atoms with E-state index in [0.717, 1.165) is 28.9 Å². The third kappa shape index (κ3) is 2.67. The van der Waals surface area contributed by atoms with Crippen molar-refractivity contribution in [3.8, 4) is 0 Å². The van der Waals surface area contributed by atoms with Crippen molar-refractivity contribution in [2.75, 3.05) is 22.5 Å². The van der Waals surface area contributed by atoms with E-state index in [2.05, 4.69) is 5.32 Å². The molecule has 1 heterocycles. The van der Waals surface area contributed by atoms with Crippen molar-refractivity contribution in [1.82, 2.24) is 0 Å². The molecule has 0 fully saturated rings. The van der Waals surface area contributed by atoms with Crippen LogP contribution in [0.15, 0.2) is 36.4 Å². The molecule has 0 unspecified atom stereocenters. The normalized spacial score (nSPS) is 13.1. The summed E-state index contributed by atoms with van der Waals surface area (Å²) < 4.78 is 0. The summed E-state index contributed by atoms with van der Waals surface area (Å²) in [5.74, 6) is 0. The molecule has 21 heavy (non-hydrogen) atoms. The number of nitrogens with one attached hydrogen (secondary N) is 1. The lowest BCUT2D eigenvalue weighted by Gasteiger charge is -2.18. The summed E-state index contributed by atoms with van der Waals surface area (Å²) >= 11 is 6.08. The molecule has 4 nitrogen and oxygen atoms in total. The molecule has 0 bridgehead atoms. The summed E-state index contributed by atoms with van der Waals surface area (Å²) in [5, 5.41) is 3.52. The third-order valence-corrected chi connectivity index (χ3v) is 4.07. The summed E-state index contributed by atoms with van der Waals surface area (Å²) in [7, 11) is 0. The SMILES string of the molecule is Cc1ccc(NC(=O)N2CCc3cc(N)ccc32)cc1Cl. The lowest BCUT2D eigenvalue weighted by Crippen LogP contribution is -2.33. The number of carbonyl (C=O) groups excluding carboxylic acids is 1. The highest BCUT2D eigenvalue weighted by Gasteiger charge is 2.24. The van der Waals surface area contributed by atoms with Crippen LogP contribution >= 0.6 is 11.6 Å². The minimum Gasteiger partial charge on any atom is -0.399 e. The average molecular weight is 302 g/mol. The monoisotopic (exact) mass is 301 g/mol. The van der Waals surface area contributed by atoms with Crippen molar-refractivity contribution in [3.05, 3.63) is 52.5 Å². The van der Waals surface area contributed by atoms with E-state index in [1.807, 2.05) is 37.3 Å². The number of carbonyl (C=O) groups is 1. The highest BCUT2D eigenvalue weighted by atomic mass is 35.5. The van der Waals surface area contributed by atoms with Gasteiger partial charge in [0.2, 0.25) is 0 Å². The molecule has 1 aliphatic heterocycles. The van der Waals surface area contributed by atoms with Crippen LogP contribution in [0.4, 0.5) is 21.9 Å². The first kappa shape index (κ1) is 13.8. The molecular formula is C16H16ClN3O. The van der Waals surface area contributed by atoms with Gasteiger partial charge in [0.25, 0.3) is 0 Å². The van der Waals surface area contributed by atoms with E-state index in [-0.39, 0.29) is 6.03 Å². The molecule has 3 N–H and O–H groups in total. The number of rotatable bonds is 1. The summed E-state index contributed by atoms with van der Waals surface area (Å²) in [6.45, 7) is 2.58.